The van der Waals surface area contributed by atoms with Crippen molar-refractivity contribution in [3.63, 3.8) is 0 Å². The average Bonchev–Trinajstić information content (AvgIpc) is 2.69. The number of halogens is 1. The van der Waals surface area contributed by atoms with E-state index in [0.717, 1.165) is 5.69 Å². The van der Waals surface area contributed by atoms with Crippen LogP contribution >= 0.6 is 11.6 Å². The predicted octanol–water partition coefficient (Wildman–Crippen LogP) is 3.05. The lowest BCUT2D eigenvalue weighted by molar-refractivity contribution is -0.132. The van der Waals surface area contributed by atoms with Crippen LogP contribution in [-0.2, 0) is 11.2 Å². The summed E-state index contributed by atoms with van der Waals surface area (Å²) in [4.78, 5) is 33.2. The smallest absolute Gasteiger partial charge is 0.257 e. The van der Waals surface area contributed by atoms with Crippen LogP contribution in [0.2, 0.25) is 5.02 Å². The Labute approximate surface area is 170 Å². The molecule has 2 heterocycles. The molecule has 6 nitrogen and oxygen atoms in total. The molecule has 0 N–H and O–H groups in total. The van der Waals surface area contributed by atoms with E-state index in [2.05, 4.69) is 4.98 Å². The zero-order chi connectivity index (χ0) is 20.1. The van der Waals surface area contributed by atoms with Crippen molar-refractivity contribution in [2.75, 3.05) is 26.2 Å². The molecule has 2 aromatic rings. The number of hydrogen-bond donors (Lipinski definition) is 0. The highest BCUT2D eigenvalue weighted by molar-refractivity contribution is 6.31. The lowest BCUT2D eigenvalue weighted by Crippen LogP contribution is -2.51. The SMILES string of the molecule is CC(C)Oc1ccc(Cl)cc1C(=O)N1CCN(C(=O)Cc2ccccn2)CC1. The number of pyridine rings is 1. The number of benzene rings is 1. The first-order valence-electron chi connectivity index (χ1n) is 9.37. The van der Waals surface area contributed by atoms with Gasteiger partial charge in [0.05, 0.1) is 18.1 Å². The summed E-state index contributed by atoms with van der Waals surface area (Å²) < 4.78 is 5.76. The summed E-state index contributed by atoms with van der Waals surface area (Å²) in [6.45, 7) is 5.77. The van der Waals surface area contributed by atoms with Crippen LogP contribution in [0.25, 0.3) is 0 Å². The van der Waals surface area contributed by atoms with Gasteiger partial charge < -0.3 is 14.5 Å². The Morgan fingerprint density at radius 2 is 1.82 bits per heavy atom. The number of ether oxygens (including phenoxy) is 1. The van der Waals surface area contributed by atoms with Gasteiger partial charge in [0.15, 0.2) is 0 Å². The van der Waals surface area contributed by atoms with Gasteiger partial charge in [-0.05, 0) is 44.2 Å². The summed E-state index contributed by atoms with van der Waals surface area (Å²) in [5, 5.41) is 0.489. The Morgan fingerprint density at radius 3 is 2.46 bits per heavy atom. The van der Waals surface area contributed by atoms with Crippen LogP contribution in [0.5, 0.6) is 5.75 Å². The van der Waals surface area contributed by atoms with Crippen LogP contribution in [0.1, 0.15) is 29.9 Å². The van der Waals surface area contributed by atoms with E-state index in [4.69, 9.17) is 16.3 Å². The highest BCUT2D eigenvalue weighted by Crippen LogP contribution is 2.26. The molecule has 1 aliphatic heterocycles. The van der Waals surface area contributed by atoms with Crippen LogP contribution in [0.4, 0.5) is 0 Å². The second-order valence-electron chi connectivity index (χ2n) is 6.98. The fourth-order valence-corrected chi connectivity index (χ4v) is 3.30. The van der Waals surface area contributed by atoms with E-state index in [0.29, 0.717) is 42.5 Å². The topological polar surface area (TPSA) is 62.7 Å². The molecule has 1 aromatic carbocycles. The Bertz CT molecular complexity index is 834. The first-order chi connectivity index (χ1) is 13.4. The van der Waals surface area contributed by atoms with Gasteiger partial charge in [0.25, 0.3) is 5.91 Å². The van der Waals surface area contributed by atoms with Gasteiger partial charge in [0.2, 0.25) is 5.91 Å². The van der Waals surface area contributed by atoms with Gasteiger partial charge in [-0.3, -0.25) is 14.6 Å². The van der Waals surface area contributed by atoms with Crippen LogP contribution in [-0.4, -0.2) is 58.9 Å². The van der Waals surface area contributed by atoms with Crippen molar-refractivity contribution >= 4 is 23.4 Å². The molecule has 0 atom stereocenters. The summed E-state index contributed by atoms with van der Waals surface area (Å²) in [6, 6.07) is 10.6. The van der Waals surface area contributed by atoms with Crippen molar-refractivity contribution in [1.29, 1.82) is 0 Å². The number of hydrogen-bond acceptors (Lipinski definition) is 4. The zero-order valence-electron chi connectivity index (χ0n) is 16.1. The first kappa shape index (κ1) is 20.1. The van der Waals surface area contributed by atoms with Crippen molar-refractivity contribution in [1.82, 2.24) is 14.8 Å². The number of aromatic nitrogens is 1. The highest BCUT2D eigenvalue weighted by atomic mass is 35.5. The molecular weight excluding hydrogens is 378 g/mol. The third kappa shape index (κ3) is 5.01. The van der Waals surface area contributed by atoms with E-state index in [1.54, 1.807) is 34.2 Å². The van der Waals surface area contributed by atoms with Gasteiger partial charge >= 0.3 is 0 Å². The average molecular weight is 402 g/mol. The van der Waals surface area contributed by atoms with Crippen molar-refractivity contribution in [2.24, 2.45) is 0 Å². The maximum absolute atomic E-state index is 13.0. The maximum atomic E-state index is 13.0. The molecule has 1 aliphatic rings. The molecule has 1 saturated heterocycles. The van der Waals surface area contributed by atoms with Gasteiger partial charge in [-0.1, -0.05) is 17.7 Å². The molecule has 3 rings (SSSR count). The number of carbonyl (C=O) groups is 2. The van der Waals surface area contributed by atoms with Crippen LogP contribution in [0.15, 0.2) is 42.6 Å². The monoisotopic (exact) mass is 401 g/mol. The molecule has 2 amide bonds. The standard InChI is InChI=1S/C21H24ClN3O3/c1-15(2)28-19-7-6-16(22)13-18(19)21(27)25-11-9-24(10-12-25)20(26)14-17-5-3-4-8-23-17/h3-8,13,15H,9-12,14H2,1-2H3. The molecule has 0 saturated carbocycles. The molecule has 0 unspecified atom stereocenters. The molecule has 1 aromatic heterocycles. The quantitative estimate of drug-likeness (QED) is 0.772. The summed E-state index contributed by atoms with van der Waals surface area (Å²) in [5.41, 5.74) is 1.20. The van der Waals surface area contributed by atoms with Gasteiger partial charge in [0, 0.05) is 43.1 Å². The maximum Gasteiger partial charge on any atom is 0.257 e. The fourth-order valence-electron chi connectivity index (χ4n) is 3.12. The summed E-state index contributed by atoms with van der Waals surface area (Å²) in [7, 11) is 0. The second kappa shape index (κ2) is 9.06. The minimum atomic E-state index is -0.130. The predicted molar refractivity (Wildman–Crippen MR) is 108 cm³/mol. The first-order valence-corrected chi connectivity index (χ1v) is 9.75. The molecule has 0 bridgehead atoms. The van der Waals surface area contributed by atoms with E-state index < -0.39 is 0 Å². The fraction of sp³-hybridized carbons (Fsp3) is 0.381. The summed E-state index contributed by atoms with van der Waals surface area (Å²) in [6.07, 6.45) is 1.91. The highest BCUT2D eigenvalue weighted by Gasteiger charge is 2.27. The number of carbonyl (C=O) groups excluding carboxylic acids is 2. The van der Waals surface area contributed by atoms with Crippen molar-refractivity contribution in [3.8, 4) is 5.75 Å². The molecular formula is C21H24ClN3O3. The van der Waals surface area contributed by atoms with Gasteiger partial charge in [-0.15, -0.1) is 0 Å². The number of nitrogens with zero attached hydrogens (tertiary/aromatic N) is 3. The summed E-state index contributed by atoms with van der Waals surface area (Å²) in [5.74, 6) is 0.422. The Kier molecular flexibility index (Phi) is 6.52. The molecule has 28 heavy (non-hydrogen) atoms. The number of amides is 2. The second-order valence-corrected chi connectivity index (χ2v) is 7.41. The third-order valence-corrected chi connectivity index (χ3v) is 4.75. The Hall–Kier alpha value is -2.60. The molecule has 0 aliphatic carbocycles. The Balaban J connectivity index is 1.62. The lowest BCUT2D eigenvalue weighted by atomic mass is 10.1. The number of piperazine rings is 1. The lowest BCUT2D eigenvalue weighted by Gasteiger charge is -2.35. The van der Waals surface area contributed by atoms with E-state index >= 15 is 0 Å². The third-order valence-electron chi connectivity index (χ3n) is 4.51. The summed E-state index contributed by atoms with van der Waals surface area (Å²) >= 11 is 6.09. The van der Waals surface area contributed by atoms with Crippen LogP contribution in [0, 0.1) is 0 Å². The van der Waals surface area contributed by atoms with Crippen molar-refractivity contribution in [2.45, 2.75) is 26.4 Å². The molecule has 0 radical (unpaired) electrons. The van der Waals surface area contributed by atoms with Crippen LogP contribution in [0.3, 0.4) is 0 Å². The van der Waals surface area contributed by atoms with Gasteiger partial charge in [-0.25, -0.2) is 0 Å². The van der Waals surface area contributed by atoms with Crippen molar-refractivity contribution < 1.29 is 14.3 Å². The Morgan fingerprint density at radius 1 is 1.11 bits per heavy atom. The normalized spacial score (nSPS) is 14.3. The van der Waals surface area contributed by atoms with E-state index in [1.165, 1.54) is 0 Å². The van der Waals surface area contributed by atoms with E-state index in [-0.39, 0.29) is 24.3 Å². The van der Waals surface area contributed by atoms with E-state index in [9.17, 15) is 9.59 Å². The molecule has 148 valence electrons. The largest absolute Gasteiger partial charge is 0.490 e. The zero-order valence-corrected chi connectivity index (χ0v) is 16.9. The molecule has 0 spiro atoms. The minimum Gasteiger partial charge on any atom is -0.490 e. The van der Waals surface area contributed by atoms with Gasteiger partial charge in [0.1, 0.15) is 5.75 Å². The molecule has 1 fully saturated rings. The molecule has 7 heteroatoms. The van der Waals surface area contributed by atoms with Crippen LogP contribution < -0.4 is 4.74 Å². The van der Waals surface area contributed by atoms with Crippen molar-refractivity contribution in [3.05, 3.63) is 58.9 Å². The van der Waals surface area contributed by atoms with Gasteiger partial charge in [-0.2, -0.15) is 0 Å². The van der Waals surface area contributed by atoms with E-state index in [1.807, 2.05) is 32.0 Å². The number of rotatable bonds is 5. The minimum absolute atomic E-state index is 0.0254.